The first-order valence-electron chi connectivity index (χ1n) is 9.83. The normalized spacial score (nSPS) is 15.4. The monoisotopic (exact) mass is 463 g/mol. The highest BCUT2D eigenvalue weighted by Gasteiger charge is 2.28. The van der Waals surface area contributed by atoms with Crippen molar-refractivity contribution in [1.82, 2.24) is 14.9 Å². The van der Waals surface area contributed by atoms with E-state index in [1.54, 1.807) is 12.1 Å². The van der Waals surface area contributed by atoms with Gasteiger partial charge < -0.3 is 5.32 Å². The molecular formula is C22H23ClFN3O3S. The third kappa shape index (κ3) is 5.63. The number of halogens is 2. The fraction of sp³-hybridized carbons (Fsp3) is 0.318. The molecule has 0 radical (unpaired) electrons. The predicted octanol–water partition coefficient (Wildman–Crippen LogP) is 2.96. The average Bonchev–Trinajstić information content (AvgIpc) is 3.29. The number of carbonyl (C=O) groups is 1. The molecular weight excluding hydrogens is 441 g/mol. The lowest BCUT2D eigenvalue weighted by molar-refractivity contribution is 0.0937. The molecule has 0 saturated carbocycles. The van der Waals surface area contributed by atoms with Crippen LogP contribution in [0.25, 0.3) is 0 Å². The lowest BCUT2D eigenvalue weighted by atomic mass is 10.0. The molecule has 2 aromatic carbocycles. The maximum absolute atomic E-state index is 14.5. The van der Waals surface area contributed by atoms with Gasteiger partial charge in [-0.15, -0.1) is 6.42 Å². The third-order valence-electron chi connectivity index (χ3n) is 5.16. The average molecular weight is 464 g/mol. The molecule has 6 nitrogen and oxygen atoms in total. The number of amides is 1. The van der Waals surface area contributed by atoms with E-state index >= 15 is 0 Å². The van der Waals surface area contributed by atoms with Gasteiger partial charge in [-0.25, -0.2) is 12.8 Å². The molecule has 1 heterocycles. The maximum Gasteiger partial charge on any atom is 0.251 e. The molecule has 1 atom stereocenters. The van der Waals surface area contributed by atoms with Crippen LogP contribution in [0.4, 0.5) is 4.39 Å². The minimum absolute atomic E-state index is 0.00683. The lowest BCUT2D eigenvalue weighted by Crippen LogP contribution is -2.37. The zero-order chi connectivity index (χ0) is 22.4. The summed E-state index contributed by atoms with van der Waals surface area (Å²) in [7, 11) is -3.73. The largest absolute Gasteiger partial charge is 0.350 e. The van der Waals surface area contributed by atoms with Crippen molar-refractivity contribution in [2.45, 2.75) is 23.8 Å². The first-order valence-corrected chi connectivity index (χ1v) is 11.7. The van der Waals surface area contributed by atoms with Crippen molar-refractivity contribution in [3.63, 3.8) is 0 Å². The van der Waals surface area contributed by atoms with E-state index in [0.29, 0.717) is 10.6 Å². The Morgan fingerprint density at radius 2 is 1.87 bits per heavy atom. The van der Waals surface area contributed by atoms with Crippen molar-refractivity contribution in [3.8, 4) is 12.3 Å². The Hall–Kier alpha value is -2.44. The molecule has 1 fully saturated rings. The third-order valence-corrected chi connectivity index (χ3v) is 6.91. The number of carbonyl (C=O) groups excluding carboxylic acids is 1. The first-order chi connectivity index (χ1) is 14.8. The Balaban J connectivity index is 1.73. The summed E-state index contributed by atoms with van der Waals surface area (Å²) in [6, 6.07) is 9.65. The Morgan fingerprint density at radius 1 is 1.19 bits per heavy atom. The quantitative estimate of drug-likeness (QED) is 0.590. The van der Waals surface area contributed by atoms with Gasteiger partial charge in [0.05, 0.1) is 17.5 Å². The zero-order valence-electron chi connectivity index (χ0n) is 16.8. The number of nitrogens with zero attached hydrogens (tertiary/aromatic N) is 1. The van der Waals surface area contributed by atoms with Gasteiger partial charge in [0.2, 0.25) is 10.0 Å². The van der Waals surface area contributed by atoms with Crippen molar-refractivity contribution in [2.75, 3.05) is 26.2 Å². The molecule has 0 aromatic heterocycles. The van der Waals surface area contributed by atoms with Crippen molar-refractivity contribution < 1.29 is 17.6 Å². The van der Waals surface area contributed by atoms with Gasteiger partial charge in [0, 0.05) is 22.7 Å². The van der Waals surface area contributed by atoms with Crippen LogP contribution in [0.1, 0.15) is 34.8 Å². The summed E-state index contributed by atoms with van der Waals surface area (Å²) in [5, 5.41) is 3.14. The van der Waals surface area contributed by atoms with Gasteiger partial charge in [-0.2, -0.15) is 4.72 Å². The van der Waals surface area contributed by atoms with Gasteiger partial charge in [-0.1, -0.05) is 23.6 Å². The van der Waals surface area contributed by atoms with Crippen molar-refractivity contribution in [2.24, 2.45) is 0 Å². The number of benzene rings is 2. The molecule has 0 spiro atoms. The van der Waals surface area contributed by atoms with Crippen LogP contribution in [0.5, 0.6) is 0 Å². The molecule has 0 unspecified atom stereocenters. The van der Waals surface area contributed by atoms with Crippen LogP contribution in [0.3, 0.4) is 0 Å². The van der Waals surface area contributed by atoms with Crippen molar-refractivity contribution >= 4 is 27.5 Å². The molecule has 9 heteroatoms. The van der Waals surface area contributed by atoms with E-state index < -0.39 is 27.8 Å². The SMILES string of the molecule is C#CCNS(=O)(=O)c1ccc(C(=O)NC[C@H](c2c(F)cccc2Cl)N2CCCC2)cc1. The summed E-state index contributed by atoms with van der Waals surface area (Å²) in [5.41, 5.74) is 0.656. The van der Waals surface area contributed by atoms with Gasteiger partial charge >= 0.3 is 0 Å². The highest BCUT2D eigenvalue weighted by atomic mass is 35.5. The topological polar surface area (TPSA) is 78.5 Å². The minimum atomic E-state index is -3.73. The van der Waals surface area contributed by atoms with E-state index in [0.717, 1.165) is 25.9 Å². The Labute approximate surface area is 186 Å². The summed E-state index contributed by atoms with van der Waals surface area (Å²) in [4.78, 5) is 14.8. The number of hydrogen-bond acceptors (Lipinski definition) is 4. The molecule has 2 aromatic rings. The Bertz CT molecular complexity index is 1060. The molecule has 1 aliphatic heterocycles. The number of rotatable bonds is 8. The lowest BCUT2D eigenvalue weighted by Gasteiger charge is -2.29. The molecule has 0 aliphatic carbocycles. The molecule has 2 N–H and O–H groups in total. The smallest absolute Gasteiger partial charge is 0.251 e. The highest BCUT2D eigenvalue weighted by molar-refractivity contribution is 7.89. The second kappa shape index (κ2) is 10.2. The second-order valence-corrected chi connectivity index (χ2v) is 9.33. The summed E-state index contributed by atoms with van der Waals surface area (Å²) < 4.78 is 41.0. The molecule has 31 heavy (non-hydrogen) atoms. The van der Waals surface area contributed by atoms with Crippen LogP contribution in [-0.4, -0.2) is 45.4 Å². The Morgan fingerprint density at radius 3 is 2.48 bits per heavy atom. The fourth-order valence-corrected chi connectivity index (χ4v) is 4.82. The Kier molecular flexibility index (Phi) is 7.68. The zero-order valence-corrected chi connectivity index (χ0v) is 18.3. The van der Waals surface area contributed by atoms with Crippen LogP contribution in [0.2, 0.25) is 5.02 Å². The maximum atomic E-state index is 14.5. The van der Waals surface area contributed by atoms with Gasteiger partial charge in [0.25, 0.3) is 5.91 Å². The summed E-state index contributed by atoms with van der Waals surface area (Å²) in [5.74, 6) is 1.40. The highest BCUT2D eigenvalue weighted by Crippen LogP contribution is 2.32. The van der Waals surface area contributed by atoms with Crippen LogP contribution < -0.4 is 10.0 Å². The van der Waals surface area contributed by atoms with E-state index in [2.05, 4.69) is 20.9 Å². The molecule has 164 valence electrons. The van der Waals surface area contributed by atoms with Crippen molar-refractivity contribution in [1.29, 1.82) is 0 Å². The van der Waals surface area contributed by atoms with E-state index in [9.17, 15) is 17.6 Å². The summed E-state index contributed by atoms with van der Waals surface area (Å²) in [6.45, 7) is 1.63. The number of hydrogen-bond donors (Lipinski definition) is 2. The van der Waals surface area contributed by atoms with Gasteiger partial charge in [-0.05, 0) is 62.3 Å². The van der Waals surface area contributed by atoms with Gasteiger partial charge in [0.1, 0.15) is 5.82 Å². The van der Waals surface area contributed by atoms with Crippen LogP contribution in [0.15, 0.2) is 47.4 Å². The van der Waals surface area contributed by atoms with E-state index in [1.807, 2.05) is 0 Å². The number of likely N-dealkylation sites (tertiary alicyclic amines) is 1. The standard InChI is InChI=1S/C22H23ClFN3O3S/c1-2-12-26-31(29,30)17-10-8-16(9-11-17)22(28)25-15-20(27-13-3-4-14-27)21-18(23)6-5-7-19(21)24/h1,5-11,20,26H,3-4,12-15H2,(H,25,28)/t20-/m1/s1. The number of terminal acetylenes is 1. The van der Waals surface area contributed by atoms with E-state index in [1.165, 1.54) is 30.3 Å². The van der Waals surface area contributed by atoms with E-state index in [4.69, 9.17) is 18.0 Å². The fourth-order valence-electron chi connectivity index (χ4n) is 3.59. The molecule has 0 bridgehead atoms. The second-order valence-electron chi connectivity index (χ2n) is 7.16. The first kappa shape index (κ1) is 23.2. The molecule has 1 saturated heterocycles. The molecule has 3 rings (SSSR count). The minimum Gasteiger partial charge on any atom is -0.350 e. The van der Waals surface area contributed by atoms with E-state index in [-0.39, 0.29) is 23.5 Å². The predicted molar refractivity (Wildman–Crippen MR) is 118 cm³/mol. The van der Waals surface area contributed by atoms with Crippen LogP contribution in [0, 0.1) is 18.2 Å². The van der Waals surface area contributed by atoms with Crippen LogP contribution in [-0.2, 0) is 10.0 Å². The number of sulfonamides is 1. The number of nitrogens with one attached hydrogen (secondary N) is 2. The molecule has 1 aliphatic rings. The molecule has 1 amide bonds. The summed E-state index contributed by atoms with van der Waals surface area (Å²) in [6.07, 6.45) is 7.08. The van der Waals surface area contributed by atoms with Crippen LogP contribution >= 0.6 is 11.6 Å². The van der Waals surface area contributed by atoms with Crippen molar-refractivity contribution in [3.05, 3.63) is 64.4 Å². The summed E-state index contributed by atoms with van der Waals surface area (Å²) >= 11 is 6.28. The van der Waals surface area contributed by atoms with Gasteiger partial charge in [-0.3, -0.25) is 9.69 Å². The van der Waals surface area contributed by atoms with Gasteiger partial charge in [0.15, 0.2) is 0 Å².